The molecule has 0 aliphatic carbocycles. The number of fused-ring (bicyclic) bond motifs is 3. The Morgan fingerprint density at radius 3 is 3.00 bits per heavy atom. The molecule has 2 heterocycles. The average molecular weight is 264 g/mol. The predicted octanol–water partition coefficient (Wildman–Crippen LogP) is 3.46. The molecule has 0 unspecified atom stereocenters. The third-order valence-electron chi connectivity index (χ3n) is 4.28. The normalized spacial score (nSPS) is 27.1. The molecule has 1 aromatic carbocycles. The molecule has 3 heteroatoms. The van der Waals surface area contributed by atoms with E-state index in [1.807, 2.05) is 6.07 Å². The van der Waals surface area contributed by atoms with Crippen molar-refractivity contribution in [3.05, 3.63) is 28.8 Å². The molecule has 0 aromatic heterocycles. The van der Waals surface area contributed by atoms with E-state index >= 15 is 0 Å². The number of aldehydes is 1. The molecule has 0 amide bonds. The van der Waals surface area contributed by atoms with Gasteiger partial charge in [0.15, 0.2) is 0 Å². The molecule has 18 heavy (non-hydrogen) atoms. The number of carbonyl (C=O) groups is 1. The van der Waals surface area contributed by atoms with Crippen LogP contribution in [0.15, 0.2) is 18.2 Å². The topological polar surface area (TPSA) is 20.3 Å². The summed E-state index contributed by atoms with van der Waals surface area (Å²) in [5.41, 5.74) is 2.53. The lowest BCUT2D eigenvalue weighted by molar-refractivity contribution is -0.111. The molecule has 96 valence electrons. The maximum atomic E-state index is 11.4. The van der Waals surface area contributed by atoms with Gasteiger partial charge in [0.05, 0.1) is 0 Å². The van der Waals surface area contributed by atoms with Gasteiger partial charge < -0.3 is 9.69 Å². The van der Waals surface area contributed by atoms with Crippen molar-refractivity contribution in [1.82, 2.24) is 0 Å². The zero-order valence-electron chi connectivity index (χ0n) is 10.4. The van der Waals surface area contributed by atoms with Gasteiger partial charge in [-0.15, -0.1) is 0 Å². The minimum atomic E-state index is 0.150. The summed E-state index contributed by atoms with van der Waals surface area (Å²) in [6, 6.07) is 6.46. The van der Waals surface area contributed by atoms with Gasteiger partial charge in [0.2, 0.25) is 0 Å². The van der Waals surface area contributed by atoms with Crippen molar-refractivity contribution in [2.45, 2.75) is 38.1 Å². The molecule has 3 rings (SSSR count). The number of hydrogen-bond acceptors (Lipinski definition) is 2. The Morgan fingerprint density at radius 1 is 1.28 bits per heavy atom. The first-order valence-corrected chi connectivity index (χ1v) is 7.18. The van der Waals surface area contributed by atoms with Crippen molar-refractivity contribution < 1.29 is 4.79 Å². The lowest BCUT2D eigenvalue weighted by Crippen LogP contribution is -2.45. The van der Waals surface area contributed by atoms with Crippen LogP contribution >= 0.6 is 11.6 Å². The molecular weight excluding hydrogens is 246 g/mol. The zero-order chi connectivity index (χ0) is 12.5. The number of anilines is 1. The van der Waals surface area contributed by atoms with Crippen molar-refractivity contribution in [3.63, 3.8) is 0 Å². The van der Waals surface area contributed by atoms with Crippen LogP contribution in [0.2, 0.25) is 5.02 Å². The van der Waals surface area contributed by atoms with Crippen molar-refractivity contribution >= 4 is 23.6 Å². The third-order valence-corrected chi connectivity index (χ3v) is 4.52. The zero-order valence-corrected chi connectivity index (χ0v) is 11.2. The highest BCUT2D eigenvalue weighted by Crippen LogP contribution is 2.38. The summed E-state index contributed by atoms with van der Waals surface area (Å²) in [5, 5.41) is 0.793. The van der Waals surface area contributed by atoms with Gasteiger partial charge in [0.25, 0.3) is 0 Å². The van der Waals surface area contributed by atoms with Gasteiger partial charge in [0, 0.05) is 29.2 Å². The first kappa shape index (κ1) is 12.0. The maximum absolute atomic E-state index is 11.4. The molecule has 2 atom stereocenters. The molecule has 1 saturated heterocycles. The van der Waals surface area contributed by atoms with Gasteiger partial charge in [-0.2, -0.15) is 0 Å². The van der Waals surface area contributed by atoms with Gasteiger partial charge >= 0.3 is 0 Å². The van der Waals surface area contributed by atoms with E-state index < -0.39 is 0 Å². The Morgan fingerprint density at radius 2 is 2.17 bits per heavy atom. The standard InChI is InChI=1S/C15H18ClNO/c16-13-6-5-11-8-12(10-18)14-4-2-1-3-7-17(14)15(11)9-13/h5-6,9-10,12,14H,1-4,7-8H2/t12-,14-/m0/s1. The molecule has 2 nitrogen and oxygen atoms in total. The summed E-state index contributed by atoms with van der Waals surface area (Å²) in [4.78, 5) is 13.8. The van der Waals surface area contributed by atoms with Crippen LogP contribution in [0.3, 0.4) is 0 Å². The summed E-state index contributed by atoms with van der Waals surface area (Å²) in [5.74, 6) is 0.150. The fourth-order valence-corrected chi connectivity index (χ4v) is 3.55. The maximum Gasteiger partial charge on any atom is 0.125 e. The van der Waals surface area contributed by atoms with Crippen LogP contribution in [-0.4, -0.2) is 18.9 Å². The van der Waals surface area contributed by atoms with Crippen LogP contribution in [0.1, 0.15) is 31.2 Å². The number of benzene rings is 1. The van der Waals surface area contributed by atoms with Crippen molar-refractivity contribution in [2.75, 3.05) is 11.4 Å². The summed E-state index contributed by atoms with van der Waals surface area (Å²) in [6.07, 6.45) is 6.89. The van der Waals surface area contributed by atoms with E-state index in [1.54, 1.807) is 0 Å². The molecule has 2 aliphatic rings. The van der Waals surface area contributed by atoms with Crippen LogP contribution in [0.25, 0.3) is 0 Å². The largest absolute Gasteiger partial charge is 0.368 e. The van der Waals surface area contributed by atoms with Gasteiger partial charge in [-0.1, -0.05) is 30.5 Å². The molecule has 0 spiro atoms. The van der Waals surface area contributed by atoms with Crippen molar-refractivity contribution in [1.29, 1.82) is 0 Å². The van der Waals surface area contributed by atoms with E-state index in [9.17, 15) is 4.79 Å². The summed E-state index contributed by atoms with van der Waals surface area (Å²) in [6.45, 7) is 1.06. The molecule has 0 bridgehead atoms. The number of halogens is 1. The second-order valence-electron chi connectivity index (χ2n) is 5.39. The van der Waals surface area contributed by atoms with Crippen LogP contribution in [-0.2, 0) is 11.2 Å². The number of rotatable bonds is 1. The SMILES string of the molecule is O=C[C@@H]1Cc2ccc(Cl)cc2N2CCCCC[C@@H]12. The Bertz CT molecular complexity index is 460. The number of hydrogen-bond donors (Lipinski definition) is 0. The van der Waals surface area contributed by atoms with Gasteiger partial charge in [-0.25, -0.2) is 0 Å². The van der Waals surface area contributed by atoms with E-state index in [2.05, 4.69) is 17.0 Å². The predicted molar refractivity (Wildman–Crippen MR) is 74.3 cm³/mol. The monoisotopic (exact) mass is 263 g/mol. The highest BCUT2D eigenvalue weighted by atomic mass is 35.5. The lowest BCUT2D eigenvalue weighted by atomic mass is 9.85. The number of nitrogens with zero attached hydrogens (tertiary/aromatic N) is 1. The molecule has 2 aliphatic heterocycles. The summed E-state index contributed by atoms with van der Waals surface area (Å²) < 4.78 is 0. The highest BCUT2D eigenvalue weighted by Gasteiger charge is 2.34. The van der Waals surface area contributed by atoms with Crippen molar-refractivity contribution in [2.24, 2.45) is 5.92 Å². The quantitative estimate of drug-likeness (QED) is 0.724. The Kier molecular flexibility index (Phi) is 3.29. The second-order valence-corrected chi connectivity index (χ2v) is 5.82. The first-order chi connectivity index (χ1) is 8.79. The van der Waals surface area contributed by atoms with E-state index in [0.29, 0.717) is 6.04 Å². The van der Waals surface area contributed by atoms with Gasteiger partial charge in [0.1, 0.15) is 6.29 Å². The van der Waals surface area contributed by atoms with Crippen LogP contribution in [0.5, 0.6) is 0 Å². The molecule has 1 aromatic rings. The molecule has 0 saturated carbocycles. The molecular formula is C15H18ClNO. The van der Waals surface area contributed by atoms with Crippen LogP contribution in [0, 0.1) is 5.92 Å². The van der Waals surface area contributed by atoms with E-state index in [4.69, 9.17) is 11.6 Å². The number of carbonyl (C=O) groups excluding carboxylic acids is 1. The third kappa shape index (κ3) is 2.03. The minimum Gasteiger partial charge on any atom is -0.368 e. The molecule has 0 N–H and O–H groups in total. The minimum absolute atomic E-state index is 0.150. The Labute approximate surface area is 113 Å². The smallest absolute Gasteiger partial charge is 0.125 e. The molecule has 0 radical (unpaired) electrons. The summed E-state index contributed by atoms with van der Waals surface area (Å²) >= 11 is 6.12. The highest BCUT2D eigenvalue weighted by molar-refractivity contribution is 6.30. The molecule has 1 fully saturated rings. The first-order valence-electron chi connectivity index (χ1n) is 6.80. The fourth-order valence-electron chi connectivity index (χ4n) is 3.38. The van der Waals surface area contributed by atoms with Crippen LogP contribution < -0.4 is 4.90 Å². The van der Waals surface area contributed by atoms with Gasteiger partial charge in [-0.3, -0.25) is 0 Å². The van der Waals surface area contributed by atoms with E-state index in [0.717, 1.165) is 30.7 Å². The Balaban J connectivity index is 2.04. The van der Waals surface area contributed by atoms with E-state index in [1.165, 1.54) is 30.5 Å². The fraction of sp³-hybridized carbons (Fsp3) is 0.533. The Hall–Kier alpha value is -1.02. The lowest BCUT2D eigenvalue weighted by Gasteiger charge is -2.41. The summed E-state index contributed by atoms with van der Waals surface area (Å²) in [7, 11) is 0. The second kappa shape index (κ2) is 4.93. The van der Waals surface area contributed by atoms with Gasteiger partial charge in [-0.05, 0) is 37.0 Å². The van der Waals surface area contributed by atoms with Crippen molar-refractivity contribution in [3.8, 4) is 0 Å². The van der Waals surface area contributed by atoms with Crippen LogP contribution in [0.4, 0.5) is 5.69 Å². The average Bonchev–Trinajstić information content (AvgIpc) is 2.63. The van der Waals surface area contributed by atoms with E-state index in [-0.39, 0.29) is 5.92 Å².